The van der Waals surface area contributed by atoms with Crippen LogP contribution in [0.15, 0.2) is 24.3 Å². The van der Waals surface area contributed by atoms with E-state index in [1.54, 1.807) is 0 Å². The Hall–Kier alpha value is -1.06. The van der Waals surface area contributed by atoms with Gasteiger partial charge in [0.05, 0.1) is 39.9 Å². The standard InChI is InChI=1S/C41H81N2O7P/c1-6-8-10-12-14-16-18-20-21-22-24-26-28-30-32-34-40(45)42-38(37-50-51(47,48)49-36-35-43(3,4)5)41(46)39(44)33-31-29-27-25-23-19-17-15-13-11-9-7-2/h15,17,25,27,38-39,41,44,46H,6-14,16,18-24,26,28-37H2,1-5H3,(H-,42,45,47,48)/p+1/b17-15+,27-25+. The van der Waals surface area contributed by atoms with E-state index in [2.05, 4.69) is 43.5 Å². The van der Waals surface area contributed by atoms with E-state index in [0.29, 0.717) is 23.9 Å². The number of allylic oxidation sites excluding steroid dienone is 4. The number of carbonyl (C=O) groups is 1. The van der Waals surface area contributed by atoms with Crippen LogP contribution in [0.2, 0.25) is 0 Å². The molecule has 302 valence electrons. The topological polar surface area (TPSA) is 125 Å². The van der Waals surface area contributed by atoms with Crippen molar-refractivity contribution in [1.29, 1.82) is 0 Å². The minimum atomic E-state index is -4.42. The van der Waals surface area contributed by atoms with Crippen molar-refractivity contribution in [2.45, 2.75) is 193 Å². The molecule has 0 aliphatic carbocycles. The van der Waals surface area contributed by atoms with Crippen LogP contribution in [-0.4, -0.2) is 84.6 Å². The molecule has 0 saturated carbocycles. The van der Waals surface area contributed by atoms with Crippen LogP contribution in [0, 0.1) is 0 Å². The number of aliphatic hydroxyl groups is 2. The minimum absolute atomic E-state index is 0.0153. The number of nitrogens with one attached hydrogen (secondary N) is 1. The summed E-state index contributed by atoms with van der Waals surface area (Å²) >= 11 is 0. The Balaban J connectivity index is 4.60. The molecule has 4 unspecified atom stereocenters. The number of aliphatic hydroxyl groups excluding tert-OH is 2. The average molecular weight is 746 g/mol. The quantitative estimate of drug-likeness (QED) is 0.0216. The normalized spacial score (nSPS) is 15.4. The Kier molecular flexibility index (Phi) is 32.8. The first kappa shape index (κ1) is 49.9. The van der Waals surface area contributed by atoms with Crippen LogP contribution in [-0.2, 0) is 18.4 Å². The van der Waals surface area contributed by atoms with Gasteiger partial charge in [0.2, 0.25) is 5.91 Å². The maximum absolute atomic E-state index is 12.9. The Labute approximate surface area is 314 Å². The molecule has 0 heterocycles. The van der Waals surface area contributed by atoms with Gasteiger partial charge in [-0.3, -0.25) is 13.8 Å². The van der Waals surface area contributed by atoms with Gasteiger partial charge >= 0.3 is 7.82 Å². The van der Waals surface area contributed by atoms with Crippen LogP contribution in [0.5, 0.6) is 0 Å². The van der Waals surface area contributed by atoms with E-state index in [1.807, 2.05) is 21.1 Å². The number of unbranched alkanes of at least 4 members (excludes halogenated alkanes) is 19. The molecule has 0 rings (SSSR count). The second kappa shape index (κ2) is 33.5. The maximum Gasteiger partial charge on any atom is 0.472 e. The van der Waals surface area contributed by atoms with Gasteiger partial charge in [0.1, 0.15) is 19.3 Å². The summed E-state index contributed by atoms with van der Waals surface area (Å²) in [6.45, 7) is 4.53. The second-order valence-electron chi connectivity index (χ2n) is 15.5. The molecule has 10 heteroatoms. The molecule has 0 radical (unpaired) electrons. The highest BCUT2D eigenvalue weighted by Crippen LogP contribution is 2.43. The summed E-state index contributed by atoms with van der Waals surface area (Å²) in [7, 11) is 1.41. The fraction of sp³-hybridized carbons (Fsp3) is 0.878. The Bertz CT molecular complexity index is 909. The first-order chi connectivity index (χ1) is 24.4. The highest BCUT2D eigenvalue weighted by Gasteiger charge is 2.31. The number of phosphoric acid groups is 1. The van der Waals surface area contributed by atoms with Gasteiger partial charge in [0.25, 0.3) is 0 Å². The molecular formula is C41H82N2O7P+. The minimum Gasteiger partial charge on any atom is -0.390 e. The van der Waals surface area contributed by atoms with Crippen molar-refractivity contribution in [1.82, 2.24) is 5.32 Å². The number of phosphoric ester groups is 1. The molecule has 1 amide bonds. The molecular weight excluding hydrogens is 663 g/mol. The Morgan fingerprint density at radius 1 is 0.667 bits per heavy atom. The van der Waals surface area contributed by atoms with Gasteiger partial charge in [-0.15, -0.1) is 0 Å². The molecule has 0 saturated heterocycles. The number of nitrogens with zero attached hydrogens (tertiary/aromatic N) is 1. The van der Waals surface area contributed by atoms with Crippen molar-refractivity contribution in [3.63, 3.8) is 0 Å². The summed E-state index contributed by atoms with van der Waals surface area (Å²) in [6, 6.07) is -1.05. The molecule has 4 N–H and O–H groups in total. The lowest BCUT2D eigenvalue weighted by Gasteiger charge is -2.28. The zero-order chi connectivity index (χ0) is 38.1. The predicted molar refractivity (Wildman–Crippen MR) is 214 cm³/mol. The highest BCUT2D eigenvalue weighted by atomic mass is 31.2. The number of amides is 1. The molecule has 0 spiro atoms. The number of hydrogen-bond donors (Lipinski definition) is 4. The third kappa shape index (κ3) is 34.5. The van der Waals surface area contributed by atoms with Crippen LogP contribution in [0.1, 0.15) is 174 Å². The van der Waals surface area contributed by atoms with E-state index in [4.69, 9.17) is 9.05 Å². The SMILES string of the molecule is CCCCC/C=C/CC/C=C/CCCC(O)C(O)C(COP(=O)(O)OCC[N+](C)(C)C)NC(=O)CCCCCCCCCCCCCCCCC. The van der Waals surface area contributed by atoms with Crippen LogP contribution >= 0.6 is 7.82 Å². The van der Waals surface area contributed by atoms with Gasteiger partial charge in [-0.1, -0.05) is 141 Å². The van der Waals surface area contributed by atoms with Crippen molar-refractivity contribution in [3.05, 3.63) is 24.3 Å². The van der Waals surface area contributed by atoms with Crippen LogP contribution < -0.4 is 5.32 Å². The Morgan fingerprint density at radius 3 is 1.63 bits per heavy atom. The lowest BCUT2D eigenvalue weighted by atomic mass is 10.0. The van der Waals surface area contributed by atoms with Crippen molar-refractivity contribution < 1.29 is 38.0 Å². The van der Waals surface area contributed by atoms with E-state index in [0.717, 1.165) is 44.9 Å². The molecule has 0 aliphatic rings. The predicted octanol–water partition coefficient (Wildman–Crippen LogP) is 9.94. The molecule has 0 fully saturated rings. The smallest absolute Gasteiger partial charge is 0.390 e. The lowest BCUT2D eigenvalue weighted by Crippen LogP contribution is -2.51. The molecule has 0 aromatic heterocycles. The van der Waals surface area contributed by atoms with Crippen molar-refractivity contribution in [2.75, 3.05) is 40.9 Å². The van der Waals surface area contributed by atoms with E-state index in [1.165, 1.54) is 96.3 Å². The van der Waals surface area contributed by atoms with E-state index < -0.39 is 32.7 Å². The zero-order valence-corrected chi connectivity index (χ0v) is 34.6. The molecule has 0 aromatic rings. The van der Waals surface area contributed by atoms with Gasteiger partial charge in [0.15, 0.2) is 0 Å². The van der Waals surface area contributed by atoms with Crippen LogP contribution in [0.4, 0.5) is 0 Å². The van der Waals surface area contributed by atoms with Gasteiger partial charge in [-0.25, -0.2) is 4.57 Å². The van der Waals surface area contributed by atoms with Crippen molar-refractivity contribution in [3.8, 4) is 0 Å². The van der Waals surface area contributed by atoms with Crippen molar-refractivity contribution >= 4 is 13.7 Å². The molecule has 0 bridgehead atoms. The van der Waals surface area contributed by atoms with E-state index >= 15 is 0 Å². The van der Waals surface area contributed by atoms with Gasteiger partial charge in [-0.2, -0.15) is 0 Å². The van der Waals surface area contributed by atoms with E-state index in [-0.39, 0.29) is 18.9 Å². The Morgan fingerprint density at radius 2 is 1.12 bits per heavy atom. The summed E-state index contributed by atoms with van der Waals surface area (Å²) in [5, 5.41) is 24.5. The van der Waals surface area contributed by atoms with Gasteiger partial charge < -0.3 is 24.9 Å². The molecule has 4 atom stereocenters. The third-order valence-electron chi connectivity index (χ3n) is 9.27. The second-order valence-corrected chi connectivity index (χ2v) is 16.9. The number of rotatable bonds is 37. The number of hydrogen-bond acceptors (Lipinski definition) is 6. The average Bonchev–Trinajstić information content (AvgIpc) is 3.07. The maximum atomic E-state index is 12.9. The van der Waals surface area contributed by atoms with Crippen LogP contribution in [0.3, 0.4) is 0 Å². The first-order valence-corrected chi connectivity index (χ1v) is 22.3. The van der Waals surface area contributed by atoms with Gasteiger partial charge in [0, 0.05) is 6.42 Å². The fourth-order valence-corrected chi connectivity index (χ4v) is 6.60. The summed E-state index contributed by atoms with van der Waals surface area (Å²) in [6.07, 6.45) is 33.8. The number of carbonyl (C=O) groups excluding carboxylic acids is 1. The summed E-state index contributed by atoms with van der Waals surface area (Å²) < 4.78 is 23.4. The summed E-state index contributed by atoms with van der Waals surface area (Å²) in [4.78, 5) is 23.1. The number of likely N-dealkylation sites (N-methyl/N-ethyl adjacent to an activating group) is 1. The molecule has 9 nitrogen and oxygen atoms in total. The largest absolute Gasteiger partial charge is 0.472 e. The third-order valence-corrected chi connectivity index (χ3v) is 10.3. The van der Waals surface area contributed by atoms with Crippen LogP contribution in [0.25, 0.3) is 0 Å². The first-order valence-electron chi connectivity index (χ1n) is 20.8. The number of quaternary nitrogens is 1. The van der Waals surface area contributed by atoms with Gasteiger partial charge in [-0.05, 0) is 51.4 Å². The highest BCUT2D eigenvalue weighted by molar-refractivity contribution is 7.47. The zero-order valence-electron chi connectivity index (χ0n) is 33.7. The summed E-state index contributed by atoms with van der Waals surface area (Å²) in [5.74, 6) is -0.273. The van der Waals surface area contributed by atoms with Crippen molar-refractivity contribution in [2.24, 2.45) is 0 Å². The lowest BCUT2D eigenvalue weighted by molar-refractivity contribution is -0.870. The fourth-order valence-electron chi connectivity index (χ4n) is 5.86. The molecule has 0 aliphatic heterocycles. The molecule has 0 aromatic carbocycles. The summed E-state index contributed by atoms with van der Waals surface area (Å²) in [5.41, 5.74) is 0. The molecule has 51 heavy (non-hydrogen) atoms. The monoisotopic (exact) mass is 746 g/mol. The van der Waals surface area contributed by atoms with E-state index in [9.17, 15) is 24.5 Å².